The lowest BCUT2D eigenvalue weighted by atomic mass is 10.2. The van der Waals surface area contributed by atoms with Crippen LogP contribution in [-0.2, 0) is 11.5 Å². The maximum Gasteiger partial charge on any atom is 0.151 e. The molecule has 0 heterocycles. The Balaban J connectivity index is 0.00000338. The van der Waals surface area contributed by atoms with Crippen LogP contribution >= 0.6 is 69.1 Å². The molecule has 0 saturated carbocycles. The Kier molecular flexibility index (Phi) is 12.1. The van der Waals surface area contributed by atoms with Gasteiger partial charge in [0.05, 0.1) is 0 Å². The van der Waals surface area contributed by atoms with E-state index in [1.165, 1.54) is 18.2 Å². The number of ether oxygens (including phenoxy) is 1. The van der Waals surface area contributed by atoms with Crippen molar-refractivity contribution in [2.24, 2.45) is 11.5 Å². The Morgan fingerprint density at radius 3 is 1.93 bits per heavy atom. The minimum absolute atomic E-state index is 0. The zero-order chi connectivity index (χ0) is 18.4. The molecule has 27 heavy (non-hydrogen) atoms. The van der Waals surface area contributed by atoms with E-state index in [2.05, 4.69) is 0 Å². The summed E-state index contributed by atoms with van der Waals surface area (Å²) < 4.78 is 19.5. The molecule has 0 bridgehead atoms. The van der Waals surface area contributed by atoms with Crippen LogP contribution in [0, 0.1) is 16.6 Å². The zero-order valence-corrected chi connectivity index (χ0v) is 19.6. The van der Waals surface area contributed by atoms with Crippen LogP contribution in [0.25, 0.3) is 0 Å². The number of amidine groups is 2. The second kappa shape index (κ2) is 12.5. The number of hydrogen-bond acceptors (Lipinski definition) is 5. The van der Waals surface area contributed by atoms with Gasteiger partial charge in [0.25, 0.3) is 0 Å². The van der Waals surface area contributed by atoms with Crippen molar-refractivity contribution in [3.05, 3.63) is 58.4 Å². The third kappa shape index (κ3) is 8.73. The summed E-state index contributed by atoms with van der Waals surface area (Å²) in [5, 5.41) is 15.1. The Hall–Kier alpha value is -0.940. The lowest BCUT2D eigenvalue weighted by Crippen LogP contribution is -2.05. The first-order valence-corrected chi connectivity index (χ1v) is 9.38. The SMILES string of the molecule is Br.Br.N=C(N)SCc1cc(F)ccc1Oc1ccc(Cl)cc1CSC(=N)N. The second-order valence-corrected chi connectivity index (χ2v) is 7.38. The summed E-state index contributed by atoms with van der Waals surface area (Å²) >= 11 is 8.27. The van der Waals surface area contributed by atoms with Crippen LogP contribution in [0.2, 0.25) is 5.02 Å². The van der Waals surface area contributed by atoms with Gasteiger partial charge in [0.2, 0.25) is 0 Å². The zero-order valence-electron chi connectivity index (χ0n) is 13.8. The smallest absolute Gasteiger partial charge is 0.151 e. The van der Waals surface area contributed by atoms with Crippen LogP contribution in [0.3, 0.4) is 0 Å². The highest BCUT2D eigenvalue weighted by atomic mass is 79.9. The molecule has 148 valence electrons. The van der Waals surface area contributed by atoms with Gasteiger partial charge in [0, 0.05) is 27.7 Å². The van der Waals surface area contributed by atoms with Gasteiger partial charge in [-0.1, -0.05) is 35.1 Å². The van der Waals surface area contributed by atoms with Gasteiger partial charge in [-0.15, -0.1) is 34.0 Å². The Morgan fingerprint density at radius 2 is 1.41 bits per heavy atom. The Labute approximate surface area is 191 Å². The predicted octanol–water partition coefficient (Wildman–Crippen LogP) is 5.68. The van der Waals surface area contributed by atoms with Crippen molar-refractivity contribution in [2.45, 2.75) is 11.5 Å². The summed E-state index contributed by atoms with van der Waals surface area (Å²) in [4.78, 5) is 0. The van der Waals surface area contributed by atoms with Crippen LogP contribution in [0.15, 0.2) is 36.4 Å². The van der Waals surface area contributed by atoms with E-state index in [0.717, 1.165) is 29.1 Å². The molecule has 0 unspecified atom stereocenters. The van der Waals surface area contributed by atoms with E-state index in [9.17, 15) is 4.39 Å². The molecule has 0 aliphatic carbocycles. The molecule has 0 radical (unpaired) electrons. The highest BCUT2D eigenvalue weighted by Gasteiger charge is 2.12. The van der Waals surface area contributed by atoms with Crippen LogP contribution in [0.1, 0.15) is 11.1 Å². The molecule has 0 spiro atoms. The Morgan fingerprint density at radius 1 is 0.926 bits per heavy atom. The van der Waals surface area contributed by atoms with Gasteiger partial charge in [0.15, 0.2) is 10.3 Å². The molecule has 6 N–H and O–H groups in total. The fourth-order valence-electron chi connectivity index (χ4n) is 1.95. The fraction of sp³-hybridized carbons (Fsp3) is 0.125. The van der Waals surface area contributed by atoms with Crippen molar-refractivity contribution in [1.82, 2.24) is 0 Å². The molecule has 5 nitrogen and oxygen atoms in total. The van der Waals surface area contributed by atoms with Gasteiger partial charge in [-0.05, 0) is 36.4 Å². The number of nitrogens with one attached hydrogen (secondary N) is 2. The minimum atomic E-state index is -0.394. The van der Waals surface area contributed by atoms with Gasteiger partial charge in [0.1, 0.15) is 17.3 Å². The number of halogens is 4. The van der Waals surface area contributed by atoms with E-state index in [1.807, 2.05) is 0 Å². The quantitative estimate of drug-likeness (QED) is 0.269. The average molecular weight is 561 g/mol. The molecule has 0 saturated heterocycles. The third-order valence-electron chi connectivity index (χ3n) is 3.03. The van der Waals surface area contributed by atoms with Gasteiger partial charge >= 0.3 is 0 Å². The molecule has 0 aromatic heterocycles. The number of rotatable bonds is 6. The summed E-state index contributed by atoms with van der Waals surface area (Å²) in [7, 11) is 0. The maximum atomic E-state index is 13.5. The van der Waals surface area contributed by atoms with Crippen molar-refractivity contribution < 1.29 is 9.13 Å². The first-order chi connectivity index (χ1) is 11.8. The lowest BCUT2D eigenvalue weighted by Gasteiger charge is -2.14. The monoisotopic (exact) mass is 558 g/mol. The standard InChI is InChI=1S/C16H16ClFN4OS2.2BrH/c17-11-1-3-13(9(5-11)7-24-15(19)20)23-14-4-2-12(18)6-10(14)8-25-16(21)22;;/h1-6H,7-8H2,(H3,19,20)(H3,21,22);2*1H. The molecule has 11 heteroatoms. The summed E-state index contributed by atoms with van der Waals surface area (Å²) in [6.45, 7) is 0. The summed E-state index contributed by atoms with van der Waals surface area (Å²) in [6, 6.07) is 9.32. The molecule has 2 aromatic rings. The molecule has 2 aromatic carbocycles. The number of hydrogen-bond donors (Lipinski definition) is 4. The second-order valence-electron chi connectivity index (χ2n) is 4.91. The van der Waals surface area contributed by atoms with Crippen LogP contribution in [0.4, 0.5) is 4.39 Å². The summed E-state index contributed by atoms with van der Waals surface area (Å²) in [5.41, 5.74) is 12.1. The average Bonchev–Trinajstić information content (AvgIpc) is 2.54. The number of benzene rings is 2. The predicted molar refractivity (Wildman–Crippen MR) is 125 cm³/mol. The molecule has 0 atom stereocenters. The minimum Gasteiger partial charge on any atom is -0.457 e. The van der Waals surface area contributed by atoms with E-state index in [1.54, 1.807) is 18.2 Å². The van der Waals surface area contributed by atoms with E-state index in [4.69, 9.17) is 38.6 Å². The van der Waals surface area contributed by atoms with E-state index in [-0.39, 0.29) is 44.3 Å². The van der Waals surface area contributed by atoms with Crippen molar-refractivity contribution in [2.75, 3.05) is 0 Å². The molecular formula is C16H18Br2ClFN4OS2. The summed E-state index contributed by atoms with van der Waals surface area (Å²) in [5.74, 6) is 1.35. The molecule has 0 aliphatic heterocycles. The van der Waals surface area contributed by atoms with Crippen molar-refractivity contribution in [1.29, 1.82) is 10.8 Å². The highest BCUT2D eigenvalue weighted by molar-refractivity contribution is 8.93. The van der Waals surface area contributed by atoms with Crippen LogP contribution < -0.4 is 16.2 Å². The van der Waals surface area contributed by atoms with Crippen molar-refractivity contribution in [3.63, 3.8) is 0 Å². The number of nitrogens with two attached hydrogens (primary N) is 2. The summed E-state index contributed by atoms with van der Waals surface area (Å²) in [6.07, 6.45) is 0. The maximum absolute atomic E-state index is 13.5. The van der Waals surface area contributed by atoms with E-state index in [0.29, 0.717) is 33.6 Å². The molecule has 0 fully saturated rings. The van der Waals surface area contributed by atoms with Gasteiger partial charge in [-0.3, -0.25) is 10.8 Å². The number of thioether (sulfide) groups is 2. The van der Waals surface area contributed by atoms with Crippen LogP contribution in [-0.4, -0.2) is 10.3 Å². The van der Waals surface area contributed by atoms with Crippen LogP contribution in [0.5, 0.6) is 11.5 Å². The molecule has 0 aliphatic rings. The molecule has 0 amide bonds. The topological polar surface area (TPSA) is 109 Å². The van der Waals surface area contributed by atoms with Gasteiger partial charge in [-0.25, -0.2) is 4.39 Å². The fourth-order valence-corrected chi connectivity index (χ4v) is 3.22. The molecular weight excluding hydrogens is 543 g/mol. The first-order valence-electron chi connectivity index (χ1n) is 7.03. The lowest BCUT2D eigenvalue weighted by molar-refractivity contribution is 0.472. The van der Waals surface area contributed by atoms with E-state index >= 15 is 0 Å². The van der Waals surface area contributed by atoms with Crippen molar-refractivity contribution >= 4 is 79.4 Å². The Bertz CT molecular complexity index is 748. The van der Waals surface area contributed by atoms with Gasteiger partial charge in [-0.2, -0.15) is 0 Å². The normalized spacial score (nSPS) is 9.70. The highest BCUT2D eigenvalue weighted by Crippen LogP contribution is 2.33. The molecule has 2 rings (SSSR count). The van der Waals surface area contributed by atoms with Gasteiger partial charge < -0.3 is 16.2 Å². The first kappa shape index (κ1) is 26.1. The third-order valence-corrected chi connectivity index (χ3v) is 4.80. The van der Waals surface area contributed by atoms with Crippen molar-refractivity contribution in [3.8, 4) is 11.5 Å². The van der Waals surface area contributed by atoms with E-state index < -0.39 is 5.82 Å². The largest absolute Gasteiger partial charge is 0.457 e.